The van der Waals surface area contributed by atoms with Gasteiger partial charge in [-0.15, -0.1) is 0 Å². The van der Waals surface area contributed by atoms with Crippen LogP contribution in [0, 0.1) is 0 Å². The molecule has 3 aromatic carbocycles. The topological polar surface area (TPSA) is 96.6 Å². The minimum Gasteiger partial charge on any atom is -0.445 e. The maximum absolute atomic E-state index is 12.4. The molecular weight excluding hydrogens is 390 g/mol. The summed E-state index contributed by atoms with van der Waals surface area (Å²) in [4.78, 5) is 12.4. The molecule has 5 N–H and O–H groups in total. The van der Waals surface area contributed by atoms with E-state index in [9.17, 15) is 9.90 Å². The molecule has 6 heteroatoms. The van der Waals surface area contributed by atoms with Crippen LogP contribution >= 0.6 is 0 Å². The first kappa shape index (κ1) is 22.5. The Kier molecular flexibility index (Phi) is 8.60. The summed E-state index contributed by atoms with van der Waals surface area (Å²) in [6.45, 7) is 0.719. The summed E-state index contributed by atoms with van der Waals surface area (Å²) in [5, 5.41) is 13.8. The molecule has 0 spiro atoms. The van der Waals surface area contributed by atoms with Crippen LogP contribution in [0.15, 0.2) is 84.9 Å². The van der Waals surface area contributed by atoms with E-state index < -0.39 is 18.2 Å². The molecule has 3 aromatic rings. The van der Waals surface area contributed by atoms with Crippen LogP contribution < -0.4 is 16.6 Å². The molecule has 2 atom stereocenters. The van der Waals surface area contributed by atoms with E-state index in [2.05, 4.69) is 10.7 Å². The number of hydrogen-bond acceptors (Lipinski definition) is 5. The van der Waals surface area contributed by atoms with Gasteiger partial charge in [-0.3, -0.25) is 11.3 Å². The molecule has 0 aliphatic carbocycles. The first-order valence-corrected chi connectivity index (χ1v) is 10.3. The normalized spacial score (nSPS) is 12.7. The van der Waals surface area contributed by atoms with Gasteiger partial charge < -0.3 is 15.2 Å². The molecule has 1 amide bonds. The molecule has 162 valence electrons. The van der Waals surface area contributed by atoms with E-state index >= 15 is 0 Å². The van der Waals surface area contributed by atoms with Gasteiger partial charge >= 0.3 is 6.09 Å². The van der Waals surface area contributed by atoms with Gasteiger partial charge in [-0.2, -0.15) is 0 Å². The number of nitrogens with one attached hydrogen (secondary N) is 2. The molecule has 0 aliphatic rings. The number of alkyl carbamates (subject to hydrolysis) is 1. The Bertz CT molecular complexity index is 935. The lowest BCUT2D eigenvalue weighted by molar-refractivity contribution is 0.101. The molecule has 31 heavy (non-hydrogen) atoms. The lowest BCUT2D eigenvalue weighted by atomic mass is 9.95. The standard InChI is InChI=1S/C25H29N3O3/c26-27-17-22-13-7-12-21(14-22)16-24(29)23(15-19-8-3-1-4-9-19)28-25(30)31-18-20-10-5-2-6-11-20/h1-14,23-24,27,29H,15-18,26H2,(H,28,30)/t23-,24-/m0/s1. The Labute approximate surface area is 183 Å². The second-order valence-corrected chi connectivity index (χ2v) is 7.47. The Morgan fingerprint density at radius 3 is 2.13 bits per heavy atom. The summed E-state index contributed by atoms with van der Waals surface area (Å²) in [5.41, 5.74) is 6.57. The summed E-state index contributed by atoms with van der Waals surface area (Å²) < 4.78 is 5.36. The zero-order valence-electron chi connectivity index (χ0n) is 17.4. The predicted molar refractivity (Wildman–Crippen MR) is 121 cm³/mol. The van der Waals surface area contributed by atoms with Crippen molar-refractivity contribution in [3.05, 3.63) is 107 Å². The average Bonchev–Trinajstić information content (AvgIpc) is 2.79. The fourth-order valence-electron chi connectivity index (χ4n) is 3.44. The molecule has 0 aliphatic heterocycles. The van der Waals surface area contributed by atoms with Gasteiger partial charge in [0.25, 0.3) is 0 Å². The minimum atomic E-state index is -0.787. The summed E-state index contributed by atoms with van der Waals surface area (Å²) >= 11 is 0. The van der Waals surface area contributed by atoms with Crippen molar-refractivity contribution in [2.45, 2.75) is 38.1 Å². The fourth-order valence-corrected chi connectivity index (χ4v) is 3.44. The SMILES string of the molecule is NNCc1cccc(C[C@H](O)[C@H](Cc2ccccc2)NC(=O)OCc2ccccc2)c1. The largest absolute Gasteiger partial charge is 0.445 e. The van der Waals surface area contributed by atoms with Crippen molar-refractivity contribution in [1.29, 1.82) is 0 Å². The lowest BCUT2D eigenvalue weighted by Crippen LogP contribution is -2.46. The second kappa shape index (κ2) is 11.9. The molecule has 0 unspecified atom stereocenters. The lowest BCUT2D eigenvalue weighted by Gasteiger charge is -2.24. The van der Waals surface area contributed by atoms with Crippen molar-refractivity contribution in [1.82, 2.24) is 10.7 Å². The molecule has 0 bridgehead atoms. The molecule has 3 rings (SSSR count). The van der Waals surface area contributed by atoms with Crippen LogP contribution in [0.3, 0.4) is 0 Å². The van der Waals surface area contributed by atoms with Gasteiger partial charge in [0, 0.05) is 13.0 Å². The third-order valence-corrected chi connectivity index (χ3v) is 5.02. The highest BCUT2D eigenvalue weighted by Crippen LogP contribution is 2.13. The van der Waals surface area contributed by atoms with E-state index in [1.807, 2.05) is 84.9 Å². The highest BCUT2D eigenvalue weighted by Gasteiger charge is 2.23. The maximum atomic E-state index is 12.4. The van der Waals surface area contributed by atoms with Gasteiger partial charge in [0.15, 0.2) is 0 Å². The van der Waals surface area contributed by atoms with Gasteiger partial charge in [0.05, 0.1) is 12.1 Å². The summed E-state index contributed by atoms with van der Waals surface area (Å²) in [6.07, 6.45) is -0.447. The summed E-state index contributed by atoms with van der Waals surface area (Å²) in [6, 6.07) is 26.6. The van der Waals surface area contributed by atoms with Crippen LogP contribution in [0.4, 0.5) is 4.79 Å². The number of nitrogens with two attached hydrogens (primary N) is 1. The number of aliphatic hydroxyl groups excluding tert-OH is 1. The average molecular weight is 420 g/mol. The monoisotopic (exact) mass is 419 g/mol. The Hall–Kier alpha value is -3.19. The second-order valence-electron chi connectivity index (χ2n) is 7.47. The van der Waals surface area contributed by atoms with Crippen LogP contribution in [-0.4, -0.2) is 23.3 Å². The third kappa shape index (κ3) is 7.53. The van der Waals surface area contributed by atoms with Gasteiger partial charge in [-0.25, -0.2) is 4.79 Å². The number of aliphatic hydroxyl groups is 1. The van der Waals surface area contributed by atoms with Crippen LogP contribution in [0.1, 0.15) is 22.3 Å². The summed E-state index contributed by atoms with van der Waals surface area (Å²) in [5.74, 6) is 5.41. The summed E-state index contributed by atoms with van der Waals surface area (Å²) in [7, 11) is 0. The molecular formula is C25H29N3O3. The highest BCUT2D eigenvalue weighted by atomic mass is 16.5. The number of ether oxygens (including phenoxy) is 1. The molecule has 6 nitrogen and oxygen atoms in total. The number of carbonyl (C=O) groups is 1. The first-order chi connectivity index (χ1) is 15.1. The van der Waals surface area contributed by atoms with Gasteiger partial charge in [0.1, 0.15) is 6.61 Å². The highest BCUT2D eigenvalue weighted by molar-refractivity contribution is 5.67. The van der Waals surface area contributed by atoms with E-state index in [1.165, 1.54) is 0 Å². The Morgan fingerprint density at radius 2 is 1.45 bits per heavy atom. The molecule has 0 radical (unpaired) electrons. The van der Waals surface area contributed by atoms with Gasteiger partial charge in [0.2, 0.25) is 0 Å². The molecule has 0 fully saturated rings. The van der Waals surface area contributed by atoms with Crippen molar-refractivity contribution in [3.63, 3.8) is 0 Å². The number of carbonyl (C=O) groups excluding carboxylic acids is 1. The van der Waals surface area contributed by atoms with E-state index in [1.54, 1.807) is 0 Å². The van der Waals surface area contributed by atoms with Gasteiger partial charge in [-0.1, -0.05) is 84.9 Å². The van der Waals surface area contributed by atoms with Crippen molar-refractivity contribution >= 4 is 6.09 Å². The molecule has 0 heterocycles. The quantitative estimate of drug-likeness (QED) is 0.299. The van der Waals surface area contributed by atoms with Crippen molar-refractivity contribution in [2.75, 3.05) is 0 Å². The number of amides is 1. The first-order valence-electron chi connectivity index (χ1n) is 10.3. The number of hydrazine groups is 1. The van der Waals surface area contributed by atoms with E-state index in [0.717, 1.165) is 22.3 Å². The number of rotatable bonds is 10. The van der Waals surface area contributed by atoms with E-state index in [-0.39, 0.29) is 6.61 Å². The van der Waals surface area contributed by atoms with Crippen molar-refractivity contribution in [2.24, 2.45) is 5.84 Å². The fraction of sp³-hybridized carbons (Fsp3) is 0.240. The van der Waals surface area contributed by atoms with E-state index in [0.29, 0.717) is 19.4 Å². The number of benzene rings is 3. The van der Waals surface area contributed by atoms with Crippen LogP contribution in [0.25, 0.3) is 0 Å². The van der Waals surface area contributed by atoms with E-state index in [4.69, 9.17) is 10.6 Å². The maximum Gasteiger partial charge on any atom is 0.407 e. The minimum absolute atomic E-state index is 0.176. The smallest absolute Gasteiger partial charge is 0.407 e. The predicted octanol–water partition coefficient (Wildman–Crippen LogP) is 3.09. The van der Waals surface area contributed by atoms with Gasteiger partial charge in [-0.05, 0) is 28.7 Å². The molecule has 0 aromatic heterocycles. The van der Waals surface area contributed by atoms with Crippen LogP contribution in [-0.2, 0) is 30.7 Å². The molecule has 0 saturated heterocycles. The zero-order valence-corrected chi connectivity index (χ0v) is 17.4. The van der Waals surface area contributed by atoms with Crippen LogP contribution in [0.5, 0.6) is 0 Å². The van der Waals surface area contributed by atoms with Crippen LogP contribution in [0.2, 0.25) is 0 Å². The Balaban J connectivity index is 1.66. The van der Waals surface area contributed by atoms with Crippen molar-refractivity contribution in [3.8, 4) is 0 Å². The number of hydrogen-bond donors (Lipinski definition) is 4. The Morgan fingerprint density at radius 1 is 0.839 bits per heavy atom. The zero-order chi connectivity index (χ0) is 21.9. The third-order valence-electron chi connectivity index (χ3n) is 5.02. The van der Waals surface area contributed by atoms with Crippen molar-refractivity contribution < 1.29 is 14.6 Å². The molecule has 0 saturated carbocycles.